The van der Waals surface area contributed by atoms with Gasteiger partial charge < -0.3 is 14.8 Å². The molecule has 0 aromatic heterocycles. The summed E-state index contributed by atoms with van der Waals surface area (Å²) in [6.07, 6.45) is 0. The first kappa shape index (κ1) is 22.3. The number of carbonyl (C=O) groups is 1. The molecule has 0 bridgehead atoms. The molecule has 1 amide bonds. The monoisotopic (exact) mass is 463 g/mol. The van der Waals surface area contributed by atoms with E-state index in [9.17, 15) is 4.79 Å². The van der Waals surface area contributed by atoms with Crippen molar-refractivity contribution in [3.05, 3.63) is 86.4 Å². The van der Waals surface area contributed by atoms with Crippen LogP contribution >= 0.6 is 34.8 Å². The second-order valence-corrected chi connectivity index (χ2v) is 7.74. The van der Waals surface area contributed by atoms with E-state index in [1.165, 1.54) is 11.6 Å². The van der Waals surface area contributed by atoms with Gasteiger partial charge in [-0.3, -0.25) is 4.79 Å². The summed E-state index contributed by atoms with van der Waals surface area (Å²) in [5.41, 5.74) is 2.88. The Morgan fingerprint density at radius 1 is 0.967 bits per heavy atom. The number of ether oxygens (including phenoxy) is 2. The van der Waals surface area contributed by atoms with Crippen LogP contribution in [0.2, 0.25) is 15.1 Å². The minimum absolute atomic E-state index is 0.265. The quantitative estimate of drug-likeness (QED) is 0.402. The van der Waals surface area contributed by atoms with Gasteiger partial charge in [0.15, 0.2) is 11.5 Å². The summed E-state index contributed by atoms with van der Waals surface area (Å²) < 4.78 is 11.6. The highest BCUT2D eigenvalue weighted by Gasteiger charge is 2.18. The Balaban J connectivity index is 1.83. The second-order valence-electron chi connectivity index (χ2n) is 6.55. The molecule has 0 radical (unpaired) electrons. The molecule has 156 valence electrons. The molecule has 3 aromatic rings. The van der Waals surface area contributed by atoms with Crippen molar-refractivity contribution < 1.29 is 14.3 Å². The van der Waals surface area contributed by atoms with Gasteiger partial charge >= 0.3 is 0 Å². The molecule has 3 aromatic carbocycles. The van der Waals surface area contributed by atoms with Gasteiger partial charge in [-0.2, -0.15) is 0 Å². The van der Waals surface area contributed by atoms with Crippen LogP contribution in [0, 0.1) is 6.92 Å². The van der Waals surface area contributed by atoms with Crippen LogP contribution in [-0.2, 0) is 6.61 Å². The molecular formula is C23H20Cl3NO3. The van der Waals surface area contributed by atoms with Crippen LogP contribution in [0.4, 0.5) is 5.69 Å². The number of nitrogens with one attached hydrogen (secondary N) is 1. The first-order valence-electron chi connectivity index (χ1n) is 9.29. The van der Waals surface area contributed by atoms with E-state index >= 15 is 0 Å². The van der Waals surface area contributed by atoms with Crippen molar-refractivity contribution in [1.82, 2.24) is 0 Å². The van der Waals surface area contributed by atoms with Gasteiger partial charge in [-0.25, -0.2) is 0 Å². The molecule has 3 rings (SSSR count). The molecule has 0 saturated heterocycles. The maximum atomic E-state index is 12.7. The Hall–Kier alpha value is -2.40. The van der Waals surface area contributed by atoms with Crippen LogP contribution in [0.25, 0.3) is 0 Å². The number of amides is 1. The van der Waals surface area contributed by atoms with E-state index in [0.717, 1.165) is 5.56 Å². The number of benzene rings is 3. The van der Waals surface area contributed by atoms with Crippen LogP contribution in [0.3, 0.4) is 0 Å². The average molecular weight is 465 g/mol. The Labute approximate surface area is 190 Å². The van der Waals surface area contributed by atoms with Gasteiger partial charge in [-0.05, 0) is 43.7 Å². The minimum atomic E-state index is -0.396. The van der Waals surface area contributed by atoms with Crippen LogP contribution < -0.4 is 14.8 Å². The average Bonchev–Trinajstić information content (AvgIpc) is 2.72. The van der Waals surface area contributed by atoms with Crippen molar-refractivity contribution in [2.75, 3.05) is 11.9 Å². The van der Waals surface area contributed by atoms with E-state index in [2.05, 4.69) is 5.32 Å². The van der Waals surface area contributed by atoms with Crippen LogP contribution in [0.1, 0.15) is 28.4 Å². The Morgan fingerprint density at radius 3 is 2.40 bits per heavy atom. The molecule has 4 nitrogen and oxygen atoms in total. The maximum Gasteiger partial charge on any atom is 0.255 e. The van der Waals surface area contributed by atoms with Crippen molar-refractivity contribution in [2.45, 2.75) is 20.5 Å². The van der Waals surface area contributed by atoms with Gasteiger partial charge in [0.05, 0.1) is 27.4 Å². The third-order valence-electron chi connectivity index (χ3n) is 4.28. The normalized spacial score (nSPS) is 10.6. The number of rotatable bonds is 7. The summed E-state index contributed by atoms with van der Waals surface area (Å²) in [6, 6.07) is 16.1. The smallest absolute Gasteiger partial charge is 0.255 e. The molecule has 1 N–H and O–H groups in total. The SMILES string of the molecule is CCOc1cc(C(=O)Nc2cccc(Cl)c2Cl)cc(Cl)c1OCc1ccc(C)cc1. The lowest BCUT2D eigenvalue weighted by molar-refractivity contribution is 0.102. The zero-order valence-corrected chi connectivity index (χ0v) is 18.7. The molecule has 0 heterocycles. The first-order valence-corrected chi connectivity index (χ1v) is 10.4. The maximum absolute atomic E-state index is 12.7. The molecule has 0 spiro atoms. The summed E-state index contributed by atoms with van der Waals surface area (Å²) in [4.78, 5) is 12.7. The molecule has 0 atom stereocenters. The summed E-state index contributed by atoms with van der Waals surface area (Å²) in [5.74, 6) is 0.378. The van der Waals surface area contributed by atoms with Crippen LogP contribution in [-0.4, -0.2) is 12.5 Å². The molecule has 30 heavy (non-hydrogen) atoms. The molecule has 0 saturated carbocycles. The third-order valence-corrected chi connectivity index (χ3v) is 5.37. The fourth-order valence-electron chi connectivity index (χ4n) is 2.74. The number of hydrogen-bond acceptors (Lipinski definition) is 3. The highest BCUT2D eigenvalue weighted by Crippen LogP contribution is 2.38. The molecule has 0 aliphatic heterocycles. The van der Waals surface area contributed by atoms with Crippen molar-refractivity contribution in [2.24, 2.45) is 0 Å². The van der Waals surface area contributed by atoms with Crippen molar-refractivity contribution in [3.63, 3.8) is 0 Å². The lowest BCUT2D eigenvalue weighted by Crippen LogP contribution is -2.13. The van der Waals surface area contributed by atoms with Crippen molar-refractivity contribution in [3.8, 4) is 11.5 Å². The number of halogens is 3. The fourth-order valence-corrected chi connectivity index (χ4v) is 3.35. The molecule has 7 heteroatoms. The van der Waals surface area contributed by atoms with E-state index in [-0.39, 0.29) is 10.0 Å². The van der Waals surface area contributed by atoms with Gasteiger partial charge in [0.25, 0.3) is 5.91 Å². The van der Waals surface area contributed by atoms with Gasteiger partial charge in [0.1, 0.15) is 6.61 Å². The standard InChI is InChI=1S/C23H20Cl3NO3/c1-3-29-20-12-16(23(28)27-19-6-4-5-17(24)21(19)26)11-18(25)22(20)30-13-15-9-7-14(2)8-10-15/h4-12H,3,13H2,1-2H3,(H,27,28). The predicted molar refractivity (Wildman–Crippen MR) is 123 cm³/mol. The number of aryl methyl sites for hydroxylation is 1. The number of carbonyl (C=O) groups excluding carboxylic acids is 1. The van der Waals surface area contributed by atoms with Gasteiger partial charge in [-0.1, -0.05) is 70.7 Å². The summed E-state index contributed by atoms with van der Waals surface area (Å²) in [5, 5.41) is 3.62. The van der Waals surface area contributed by atoms with E-state index in [0.29, 0.717) is 41.0 Å². The number of anilines is 1. The van der Waals surface area contributed by atoms with Gasteiger partial charge in [-0.15, -0.1) is 0 Å². The zero-order chi connectivity index (χ0) is 21.7. The Kier molecular flexibility index (Phi) is 7.48. The molecule has 0 unspecified atom stereocenters. The third kappa shape index (κ3) is 5.39. The Morgan fingerprint density at radius 2 is 1.70 bits per heavy atom. The highest BCUT2D eigenvalue weighted by atomic mass is 35.5. The van der Waals surface area contributed by atoms with Gasteiger partial charge in [0, 0.05) is 5.56 Å². The van der Waals surface area contributed by atoms with E-state index in [1.807, 2.05) is 38.1 Å². The Bertz CT molecular complexity index is 1050. The zero-order valence-electron chi connectivity index (χ0n) is 16.5. The lowest BCUT2D eigenvalue weighted by Gasteiger charge is -2.16. The van der Waals surface area contributed by atoms with E-state index in [4.69, 9.17) is 44.3 Å². The summed E-state index contributed by atoms with van der Waals surface area (Å²) in [6.45, 7) is 4.58. The van der Waals surface area contributed by atoms with E-state index < -0.39 is 5.91 Å². The number of hydrogen-bond donors (Lipinski definition) is 1. The topological polar surface area (TPSA) is 47.6 Å². The predicted octanol–water partition coefficient (Wildman–Crippen LogP) is 7.19. The van der Waals surface area contributed by atoms with Gasteiger partial charge in [0.2, 0.25) is 0 Å². The molecule has 0 fully saturated rings. The molecule has 0 aliphatic carbocycles. The fraction of sp³-hybridized carbons (Fsp3) is 0.174. The van der Waals surface area contributed by atoms with Crippen LogP contribution in [0.5, 0.6) is 11.5 Å². The highest BCUT2D eigenvalue weighted by molar-refractivity contribution is 6.44. The van der Waals surface area contributed by atoms with Crippen molar-refractivity contribution >= 4 is 46.4 Å². The van der Waals surface area contributed by atoms with Crippen LogP contribution in [0.15, 0.2) is 54.6 Å². The first-order chi connectivity index (χ1) is 14.4. The summed E-state index contributed by atoms with van der Waals surface area (Å²) >= 11 is 18.6. The second kappa shape index (κ2) is 10.1. The van der Waals surface area contributed by atoms with E-state index in [1.54, 1.807) is 24.3 Å². The minimum Gasteiger partial charge on any atom is -0.490 e. The summed E-state index contributed by atoms with van der Waals surface area (Å²) in [7, 11) is 0. The lowest BCUT2D eigenvalue weighted by atomic mass is 10.1. The molecular weight excluding hydrogens is 445 g/mol. The largest absolute Gasteiger partial charge is 0.490 e. The van der Waals surface area contributed by atoms with Crippen molar-refractivity contribution in [1.29, 1.82) is 0 Å². The molecule has 0 aliphatic rings.